The van der Waals surface area contributed by atoms with E-state index in [1.54, 1.807) is 0 Å². The molecule has 4 aliphatic carbocycles. The van der Waals surface area contributed by atoms with Crippen molar-refractivity contribution >= 4 is 17.5 Å². The standard InChI is InChI=1S/C24H35N5O/c30-23(17-24-14-18-11-19(15-24)13-20(12-18)16-24)29-9-7-28(8-10-29)22-4-3-21(25-26-22)27-5-1-2-6-27/h3-4,18-20H,1-2,5-17H2. The van der Waals surface area contributed by atoms with Crippen LogP contribution in [-0.2, 0) is 4.79 Å². The highest BCUT2D eigenvalue weighted by molar-refractivity contribution is 5.77. The van der Waals surface area contributed by atoms with Crippen molar-refractivity contribution in [3.63, 3.8) is 0 Å². The van der Waals surface area contributed by atoms with Crippen molar-refractivity contribution in [2.45, 2.75) is 57.8 Å². The summed E-state index contributed by atoms with van der Waals surface area (Å²) >= 11 is 0. The van der Waals surface area contributed by atoms with Crippen LogP contribution in [0, 0.1) is 23.2 Å². The lowest BCUT2D eigenvalue weighted by Crippen LogP contribution is -2.52. The Bertz CT molecular complexity index is 744. The SMILES string of the molecule is O=C(CC12CC3CC(CC(C3)C1)C2)N1CCN(c2ccc(N3CCCC3)nn2)CC1. The lowest BCUT2D eigenvalue weighted by Gasteiger charge is -2.57. The number of hydrogen-bond acceptors (Lipinski definition) is 5. The van der Waals surface area contributed by atoms with Gasteiger partial charge in [0.15, 0.2) is 11.6 Å². The van der Waals surface area contributed by atoms with Crippen molar-refractivity contribution in [3.8, 4) is 0 Å². The van der Waals surface area contributed by atoms with Gasteiger partial charge in [-0.2, -0.15) is 0 Å². The Morgan fingerprint density at radius 2 is 1.30 bits per heavy atom. The summed E-state index contributed by atoms with van der Waals surface area (Å²) in [5.74, 6) is 5.12. The molecular formula is C24H35N5O. The predicted octanol–water partition coefficient (Wildman–Crippen LogP) is 3.33. The van der Waals surface area contributed by atoms with E-state index >= 15 is 0 Å². The first kappa shape index (κ1) is 18.9. The van der Waals surface area contributed by atoms with E-state index in [1.807, 2.05) is 0 Å². The maximum absolute atomic E-state index is 13.2. The van der Waals surface area contributed by atoms with E-state index in [0.29, 0.717) is 11.3 Å². The number of carbonyl (C=O) groups is 1. The molecule has 6 aliphatic rings. The minimum Gasteiger partial charge on any atom is -0.355 e. The second-order valence-corrected chi connectivity index (χ2v) is 10.9. The van der Waals surface area contributed by atoms with Crippen LogP contribution in [0.25, 0.3) is 0 Å². The number of amides is 1. The smallest absolute Gasteiger partial charge is 0.223 e. The van der Waals surface area contributed by atoms with Crippen LogP contribution in [0.5, 0.6) is 0 Å². The first-order chi connectivity index (χ1) is 14.7. The topological polar surface area (TPSA) is 52.6 Å². The molecule has 6 heteroatoms. The molecule has 3 heterocycles. The quantitative estimate of drug-likeness (QED) is 0.763. The number of carbonyl (C=O) groups excluding carboxylic acids is 1. The Hall–Kier alpha value is -1.85. The number of hydrogen-bond donors (Lipinski definition) is 0. The molecule has 0 N–H and O–H groups in total. The molecule has 1 amide bonds. The normalized spacial score (nSPS) is 35.3. The van der Waals surface area contributed by atoms with Gasteiger partial charge in [0.2, 0.25) is 5.91 Å². The third-order valence-electron chi connectivity index (χ3n) is 8.71. The molecule has 4 saturated carbocycles. The molecule has 0 unspecified atom stereocenters. The van der Waals surface area contributed by atoms with Crippen molar-refractivity contribution in [2.75, 3.05) is 49.1 Å². The number of aromatic nitrogens is 2. The van der Waals surface area contributed by atoms with E-state index in [1.165, 1.54) is 51.4 Å². The summed E-state index contributed by atoms with van der Waals surface area (Å²) in [6, 6.07) is 4.21. The fourth-order valence-electron chi connectivity index (χ4n) is 7.73. The largest absolute Gasteiger partial charge is 0.355 e. The number of nitrogens with zero attached hydrogens (tertiary/aromatic N) is 5. The molecule has 0 spiro atoms. The van der Waals surface area contributed by atoms with Crippen molar-refractivity contribution in [1.82, 2.24) is 15.1 Å². The van der Waals surface area contributed by atoms with Crippen LogP contribution in [0.15, 0.2) is 12.1 Å². The summed E-state index contributed by atoms with van der Waals surface area (Å²) in [5, 5.41) is 8.96. The van der Waals surface area contributed by atoms with Crippen molar-refractivity contribution in [1.29, 1.82) is 0 Å². The lowest BCUT2D eigenvalue weighted by atomic mass is 9.49. The molecule has 0 atom stereocenters. The predicted molar refractivity (Wildman–Crippen MR) is 117 cm³/mol. The molecule has 1 aromatic rings. The van der Waals surface area contributed by atoms with Crippen molar-refractivity contribution < 1.29 is 4.79 Å². The Labute approximate surface area is 180 Å². The van der Waals surface area contributed by atoms with Gasteiger partial charge < -0.3 is 14.7 Å². The van der Waals surface area contributed by atoms with E-state index in [4.69, 9.17) is 0 Å². The summed E-state index contributed by atoms with van der Waals surface area (Å²) < 4.78 is 0. The van der Waals surface area contributed by atoms with Crippen LogP contribution in [0.3, 0.4) is 0 Å². The molecular weight excluding hydrogens is 374 g/mol. The first-order valence-corrected chi connectivity index (χ1v) is 12.3. The van der Waals surface area contributed by atoms with Gasteiger partial charge >= 0.3 is 0 Å². The Balaban J connectivity index is 1.04. The van der Waals surface area contributed by atoms with Crippen molar-refractivity contribution in [3.05, 3.63) is 12.1 Å². The summed E-state index contributed by atoms with van der Waals surface area (Å²) in [5.41, 5.74) is 0.347. The van der Waals surface area contributed by atoms with Crippen LogP contribution in [0.1, 0.15) is 57.8 Å². The second kappa shape index (κ2) is 7.38. The van der Waals surface area contributed by atoms with Crippen LogP contribution < -0.4 is 9.80 Å². The summed E-state index contributed by atoms with van der Waals surface area (Å²) in [7, 11) is 0. The van der Waals surface area contributed by atoms with Gasteiger partial charge in [-0.25, -0.2) is 0 Å². The Morgan fingerprint density at radius 1 is 0.800 bits per heavy atom. The minimum atomic E-state index is 0.347. The maximum atomic E-state index is 13.2. The van der Waals surface area contributed by atoms with Gasteiger partial charge in [-0.05, 0) is 86.7 Å². The number of anilines is 2. The van der Waals surface area contributed by atoms with Gasteiger partial charge in [-0.3, -0.25) is 4.79 Å². The molecule has 1 aromatic heterocycles. The third kappa shape index (κ3) is 3.46. The van der Waals surface area contributed by atoms with E-state index in [9.17, 15) is 4.79 Å². The molecule has 6 nitrogen and oxygen atoms in total. The number of rotatable bonds is 4. The zero-order chi connectivity index (χ0) is 20.1. The van der Waals surface area contributed by atoms with Crippen molar-refractivity contribution in [2.24, 2.45) is 23.2 Å². The second-order valence-electron chi connectivity index (χ2n) is 10.9. The summed E-state index contributed by atoms with van der Waals surface area (Å²) in [6.07, 6.45) is 11.6. The van der Waals surface area contributed by atoms with Gasteiger partial charge in [0, 0.05) is 45.7 Å². The molecule has 30 heavy (non-hydrogen) atoms. The van der Waals surface area contributed by atoms with Gasteiger partial charge in [0.05, 0.1) is 0 Å². The zero-order valence-electron chi connectivity index (χ0n) is 18.1. The molecule has 0 radical (unpaired) electrons. The van der Waals surface area contributed by atoms with Gasteiger partial charge in [-0.15, -0.1) is 10.2 Å². The summed E-state index contributed by atoms with van der Waals surface area (Å²) in [6.45, 7) is 5.56. The van der Waals surface area contributed by atoms with E-state index < -0.39 is 0 Å². The molecule has 4 bridgehead atoms. The molecule has 6 fully saturated rings. The molecule has 0 aromatic carbocycles. The maximum Gasteiger partial charge on any atom is 0.223 e. The highest BCUT2D eigenvalue weighted by Crippen LogP contribution is 2.61. The average molecular weight is 410 g/mol. The van der Waals surface area contributed by atoms with Crippen LogP contribution in [0.4, 0.5) is 11.6 Å². The van der Waals surface area contributed by atoms with E-state index in [2.05, 4.69) is 37.0 Å². The first-order valence-electron chi connectivity index (χ1n) is 12.3. The van der Waals surface area contributed by atoms with Crippen LogP contribution >= 0.6 is 0 Å². The Kier molecular flexibility index (Phi) is 4.65. The minimum absolute atomic E-state index is 0.347. The lowest BCUT2D eigenvalue weighted by molar-refractivity contribution is -0.139. The summed E-state index contributed by atoms with van der Waals surface area (Å²) in [4.78, 5) is 19.9. The molecule has 7 rings (SSSR count). The monoisotopic (exact) mass is 409 g/mol. The van der Waals surface area contributed by atoms with E-state index in [-0.39, 0.29) is 0 Å². The average Bonchev–Trinajstić information content (AvgIpc) is 3.28. The van der Waals surface area contributed by atoms with Crippen LogP contribution in [0.2, 0.25) is 0 Å². The molecule has 2 saturated heterocycles. The fraction of sp³-hybridized carbons (Fsp3) is 0.792. The highest BCUT2D eigenvalue weighted by atomic mass is 16.2. The number of piperazine rings is 1. The highest BCUT2D eigenvalue weighted by Gasteiger charge is 2.51. The Morgan fingerprint density at radius 3 is 1.80 bits per heavy atom. The van der Waals surface area contributed by atoms with Gasteiger partial charge in [0.25, 0.3) is 0 Å². The van der Waals surface area contributed by atoms with Gasteiger partial charge in [0.1, 0.15) is 0 Å². The van der Waals surface area contributed by atoms with E-state index in [0.717, 1.165) is 75.1 Å². The zero-order valence-corrected chi connectivity index (χ0v) is 18.1. The molecule has 162 valence electrons. The molecule has 2 aliphatic heterocycles. The van der Waals surface area contributed by atoms with Gasteiger partial charge in [-0.1, -0.05) is 0 Å². The fourth-order valence-corrected chi connectivity index (χ4v) is 7.73. The third-order valence-corrected chi connectivity index (χ3v) is 8.71. The van der Waals surface area contributed by atoms with Crippen LogP contribution in [-0.4, -0.2) is 60.3 Å².